The SMILES string of the molecule is C[C@@H]1C(=O)N(C)CC[C@@H]1c1ccc(Cl)c(Cl)c1. The minimum atomic E-state index is 0.00555. The van der Waals surface area contributed by atoms with Crippen LogP contribution in [0.25, 0.3) is 0 Å². The maximum Gasteiger partial charge on any atom is 0.225 e. The van der Waals surface area contributed by atoms with E-state index >= 15 is 0 Å². The molecule has 1 saturated heterocycles. The first-order valence-electron chi connectivity index (χ1n) is 5.70. The first-order chi connectivity index (χ1) is 8.00. The fraction of sp³-hybridized carbons (Fsp3) is 0.462. The zero-order valence-electron chi connectivity index (χ0n) is 9.91. The van der Waals surface area contributed by atoms with Gasteiger partial charge in [-0.2, -0.15) is 0 Å². The third-order valence-corrected chi connectivity index (χ3v) is 4.26. The van der Waals surface area contributed by atoms with E-state index in [0.29, 0.717) is 10.0 Å². The first kappa shape index (κ1) is 12.7. The van der Waals surface area contributed by atoms with Gasteiger partial charge < -0.3 is 4.90 Å². The van der Waals surface area contributed by atoms with Crippen LogP contribution in [0.4, 0.5) is 0 Å². The topological polar surface area (TPSA) is 20.3 Å². The summed E-state index contributed by atoms with van der Waals surface area (Å²) in [6.45, 7) is 2.78. The van der Waals surface area contributed by atoms with Crippen molar-refractivity contribution in [1.82, 2.24) is 4.90 Å². The minimum absolute atomic E-state index is 0.00555. The van der Waals surface area contributed by atoms with Gasteiger partial charge in [0.05, 0.1) is 10.0 Å². The molecule has 0 saturated carbocycles. The molecule has 17 heavy (non-hydrogen) atoms. The summed E-state index contributed by atoms with van der Waals surface area (Å²) >= 11 is 11.9. The Bertz CT molecular complexity index is 447. The van der Waals surface area contributed by atoms with Gasteiger partial charge in [0.2, 0.25) is 5.91 Å². The maximum absolute atomic E-state index is 11.9. The van der Waals surface area contributed by atoms with Crippen LogP contribution < -0.4 is 0 Å². The van der Waals surface area contributed by atoms with E-state index in [1.807, 2.05) is 26.1 Å². The Balaban J connectivity index is 2.28. The Hall–Kier alpha value is -0.730. The molecule has 1 aromatic rings. The summed E-state index contributed by atoms with van der Waals surface area (Å²) in [5.41, 5.74) is 1.10. The highest BCUT2D eigenvalue weighted by Gasteiger charge is 2.32. The van der Waals surface area contributed by atoms with Crippen molar-refractivity contribution in [3.8, 4) is 0 Å². The van der Waals surface area contributed by atoms with Crippen molar-refractivity contribution in [2.45, 2.75) is 19.3 Å². The van der Waals surface area contributed by atoms with E-state index in [0.717, 1.165) is 18.5 Å². The molecule has 0 radical (unpaired) electrons. The van der Waals surface area contributed by atoms with Gasteiger partial charge in [0, 0.05) is 19.5 Å². The molecule has 0 N–H and O–H groups in total. The van der Waals surface area contributed by atoms with Crippen molar-refractivity contribution in [1.29, 1.82) is 0 Å². The van der Waals surface area contributed by atoms with Gasteiger partial charge in [-0.05, 0) is 30.0 Å². The van der Waals surface area contributed by atoms with Crippen LogP contribution in [-0.2, 0) is 4.79 Å². The van der Waals surface area contributed by atoms with E-state index < -0.39 is 0 Å². The first-order valence-corrected chi connectivity index (χ1v) is 6.46. The number of likely N-dealkylation sites (tertiary alicyclic amines) is 1. The average molecular weight is 272 g/mol. The third kappa shape index (κ3) is 2.43. The lowest BCUT2D eigenvalue weighted by molar-refractivity contribution is -0.137. The number of hydrogen-bond acceptors (Lipinski definition) is 1. The molecule has 1 aromatic carbocycles. The molecule has 1 amide bonds. The largest absolute Gasteiger partial charge is 0.345 e. The second-order valence-electron chi connectivity index (χ2n) is 4.62. The quantitative estimate of drug-likeness (QED) is 0.765. The number of piperidine rings is 1. The standard InChI is InChI=1S/C13H15Cl2NO/c1-8-10(5-6-16(2)13(8)17)9-3-4-11(14)12(15)7-9/h3-4,7-8,10H,5-6H2,1-2H3/t8-,10-/m0/s1. The molecule has 4 heteroatoms. The summed E-state index contributed by atoms with van der Waals surface area (Å²) < 4.78 is 0. The number of carbonyl (C=O) groups excluding carboxylic acids is 1. The van der Waals surface area contributed by atoms with Crippen LogP contribution in [0.15, 0.2) is 18.2 Å². The molecule has 92 valence electrons. The fourth-order valence-corrected chi connectivity index (χ4v) is 2.72. The van der Waals surface area contributed by atoms with Gasteiger partial charge in [-0.3, -0.25) is 4.79 Å². The van der Waals surface area contributed by atoms with Crippen molar-refractivity contribution < 1.29 is 4.79 Å². The van der Waals surface area contributed by atoms with Crippen molar-refractivity contribution >= 4 is 29.1 Å². The number of benzene rings is 1. The van der Waals surface area contributed by atoms with Gasteiger partial charge in [-0.25, -0.2) is 0 Å². The molecule has 0 aliphatic carbocycles. The van der Waals surface area contributed by atoms with Crippen LogP contribution in [0.2, 0.25) is 10.0 Å². The van der Waals surface area contributed by atoms with E-state index in [9.17, 15) is 4.79 Å². The van der Waals surface area contributed by atoms with E-state index in [4.69, 9.17) is 23.2 Å². The Morgan fingerprint density at radius 3 is 2.65 bits per heavy atom. The molecule has 2 rings (SSSR count). The van der Waals surface area contributed by atoms with Gasteiger partial charge in [-0.15, -0.1) is 0 Å². The lowest BCUT2D eigenvalue weighted by Crippen LogP contribution is -2.41. The van der Waals surface area contributed by atoms with Crippen LogP contribution in [0, 0.1) is 5.92 Å². The van der Waals surface area contributed by atoms with Gasteiger partial charge in [-0.1, -0.05) is 36.2 Å². The normalized spacial score (nSPS) is 25.2. The smallest absolute Gasteiger partial charge is 0.225 e. The third-order valence-electron chi connectivity index (χ3n) is 3.52. The predicted molar refractivity (Wildman–Crippen MR) is 70.6 cm³/mol. The number of amides is 1. The number of carbonyl (C=O) groups is 1. The highest BCUT2D eigenvalue weighted by molar-refractivity contribution is 6.42. The summed E-state index contributed by atoms with van der Waals surface area (Å²) in [7, 11) is 1.85. The molecule has 0 spiro atoms. The number of nitrogens with zero attached hydrogens (tertiary/aromatic N) is 1. The average Bonchev–Trinajstić information content (AvgIpc) is 2.30. The lowest BCUT2D eigenvalue weighted by atomic mass is 9.81. The molecule has 0 unspecified atom stereocenters. The van der Waals surface area contributed by atoms with Crippen molar-refractivity contribution in [2.24, 2.45) is 5.92 Å². The summed E-state index contributed by atoms with van der Waals surface area (Å²) in [5.74, 6) is 0.451. The van der Waals surface area contributed by atoms with Crippen molar-refractivity contribution in [3.63, 3.8) is 0 Å². The van der Waals surface area contributed by atoms with Gasteiger partial charge in [0.1, 0.15) is 0 Å². The van der Waals surface area contributed by atoms with Crippen LogP contribution >= 0.6 is 23.2 Å². The lowest BCUT2D eigenvalue weighted by Gasteiger charge is -2.34. The Labute approximate surface area is 112 Å². The van der Waals surface area contributed by atoms with Crippen molar-refractivity contribution in [2.75, 3.05) is 13.6 Å². The zero-order valence-corrected chi connectivity index (χ0v) is 11.4. The Kier molecular flexibility index (Phi) is 3.64. The number of hydrogen-bond donors (Lipinski definition) is 0. The molecule has 2 atom stereocenters. The van der Waals surface area contributed by atoms with Gasteiger partial charge in [0.15, 0.2) is 0 Å². The molecule has 1 aliphatic rings. The molecule has 0 aromatic heterocycles. The number of halogens is 2. The predicted octanol–water partition coefficient (Wildman–Crippen LogP) is 3.58. The monoisotopic (exact) mass is 271 g/mol. The summed E-state index contributed by atoms with van der Waals surface area (Å²) in [6.07, 6.45) is 0.974. The summed E-state index contributed by atoms with van der Waals surface area (Å²) in [4.78, 5) is 13.7. The van der Waals surface area contributed by atoms with Crippen LogP contribution in [0.1, 0.15) is 24.8 Å². The Morgan fingerprint density at radius 2 is 2.00 bits per heavy atom. The van der Waals surface area contributed by atoms with Gasteiger partial charge in [0.25, 0.3) is 0 Å². The van der Waals surface area contributed by atoms with Gasteiger partial charge >= 0.3 is 0 Å². The molecule has 0 bridgehead atoms. The number of rotatable bonds is 1. The van der Waals surface area contributed by atoms with E-state index in [1.54, 1.807) is 11.0 Å². The van der Waals surface area contributed by atoms with E-state index in [-0.39, 0.29) is 17.7 Å². The molecular weight excluding hydrogens is 257 g/mol. The zero-order chi connectivity index (χ0) is 12.6. The summed E-state index contributed by atoms with van der Waals surface area (Å²) in [5, 5.41) is 1.12. The molecule has 2 nitrogen and oxygen atoms in total. The molecular formula is C13H15Cl2NO. The second-order valence-corrected chi connectivity index (χ2v) is 5.43. The highest BCUT2D eigenvalue weighted by Crippen LogP contribution is 2.35. The maximum atomic E-state index is 11.9. The highest BCUT2D eigenvalue weighted by atomic mass is 35.5. The van der Waals surface area contributed by atoms with E-state index in [1.165, 1.54) is 0 Å². The van der Waals surface area contributed by atoms with Crippen LogP contribution in [0.5, 0.6) is 0 Å². The Morgan fingerprint density at radius 1 is 1.29 bits per heavy atom. The van der Waals surface area contributed by atoms with E-state index in [2.05, 4.69) is 0 Å². The molecule has 1 aliphatic heterocycles. The van der Waals surface area contributed by atoms with Crippen LogP contribution in [-0.4, -0.2) is 24.4 Å². The molecule has 1 fully saturated rings. The molecule has 1 heterocycles. The fourth-order valence-electron chi connectivity index (χ4n) is 2.41. The second kappa shape index (κ2) is 4.87. The summed E-state index contributed by atoms with van der Waals surface area (Å²) in [6, 6.07) is 5.65. The minimum Gasteiger partial charge on any atom is -0.345 e. The van der Waals surface area contributed by atoms with Crippen LogP contribution in [0.3, 0.4) is 0 Å². The van der Waals surface area contributed by atoms with Crippen molar-refractivity contribution in [3.05, 3.63) is 33.8 Å².